The van der Waals surface area contributed by atoms with Gasteiger partial charge in [-0.2, -0.15) is 0 Å². The lowest BCUT2D eigenvalue weighted by Crippen LogP contribution is -2.39. The number of carbonyl (C=O) groups excluding carboxylic acids is 1. The molecule has 1 aliphatic rings. The van der Waals surface area contributed by atoms with Gasteiger partial charge in [-0.3, -0.25) is 4.79 Å². The van der Waals surface area contributed by atoms with E-state index in [1.54, 1.807) is 0 Å². The number of hydrogen-bond acceptors (Lipinski definition) is 2. The lowest BCUT2D eigenvalue weighted by atomic mass is 9.90. The number of para-hydroxylation sites is 1. The Bertz CT molecular complexity index is 448. The van der Waals surface area contributed by atoms with Crippen molar-refractivity contribution in [3.8, 4) is 0 Å². The summed E-state index contributed by atoms with van der Waals surface area (Å²) in [5.74, 6) is 0.196. The van der Waals surface area contributed by atoms with E-state index < -0.39 is 0 Å². The molecular weight excluding hydrogens is 224 g/mol. The van der Waals surface area contributed by atoms with Crippen molar-refractivity contribution in [1.82, 2.24) is 0 Å². The fraction of sp³-hybridized carbons (Fsp3) is 0.533. The summed E-state index contributed by atoms with van der Waals surface area (Å²) in [5.41, 5.74) is 8.20. The molecule has 0 radical (unpaired) electrons. The summed E-state index contributed by atoms with van der Waals surface area (Å²) in [6.07, 6.45) is 1.41. The molecule has 2 N–H and O–H groups in total. The van der Waals surface area contributed by atoms with Crippen molar-refractivity contribution >= 4 is 11.6 Å². The van der Waals surface area contributed by atoms with Crippen molar-refractivity contribution in [3.05, 3.63) is 29.8 Å². The minimum atomic E-state index is 0.0194. The Morgan fingerprint density at radius 3 is 2.72 bits per heavy atom. The fourth-order valence-corrected chi connectivity index (χ4v) is 2.40. The summed E-state index contributed by atoms with van der Waals surface area (Å²) < 4.78 is 0. The average molecular weight is 246 g/mol. The van der Waals surface area contributed by atoms with Gasteiger partial charge < -0.3 is 10.6 Å². The van der Waals surface area contributed by atoms with Crippen molar-refractivity contribution in [2.24, 2.45) is 11.1 Å². The van der Waals surface area contributed by atoms with Gasteiger partial charge in [0.25, 0.3) is 0 Å². The van der Waals surface area contributed by atoms with Crippen molar-refractivity contribution < 1.29 is 4.79 Å². The lowest BCUT2D eigenvalue weighted by molar-refractivity contribution is -0.120. The number of nitrogens with zero attached hydrogens (tertiary/aromatic N) is 1. The Morgan fingerprint density at radius 1 is 1.39 bits per heavy atom. The Kier molecular flexibility index (Phi) is 3.44. The van der Waals surface area contributed by atoms with Gasteiger partial charge in [0.2, 0.25) is 5.91 Å². The third-order valence-electron chi connectivity index (χ3n) is 3.27. The van der Waals surface area contributed by atoms with E-state index in [0.717, 1.165) is 24.2 Å². The topological polar surface area (TPSA) is 46.3 Å². The third-order valence-corrected chi connectivity index (χ3v) is 3.27. The molecule has 0 fully saturated rings. The summed E-state index contributed by atoms with van der Waals surface area (Å²) in [4.78, 5) is 14.3. The SMILES string of the molecule is CC(C)(C)CC(=O)N1CCC(N)c2ccccc21. The van der Waals surface area contributed by atoms with Gasteiger partial charge in [0.15, 0.2) is 0 Å². The lowest BCUT2D eigenvalue weighted by Gasteiger charge is -2.34. The van der Waals surface area contributed by atoms with Crippen LogP contribution in [0.15, 0.2) is 24.3 Å². The maximum atomic E-state index is 12.4. The van der Waals surface area contributed by atoms with Crippen LogP contribution >= 0.6 is 0 Å². The van der Waals surface area contributed by atoms with Crippen LogP contribution in [0.3, 0.4) is 0 Å². The first-order valence-corrected chi connectivity index (χ1v) is 6.53. The van der Waals surface area contributed by atoms with Crippen molar-refractivity contribution in [1.29, 1.82) is 0 Å². The number of carbonyl (C=O) groups is 1. The maximum Gasteiger partial charge on any atom is 0.227 e. The molecule has 1 aromatic rings. The number of fused-ring (bicyclic) bond motifs is 1. The Morgan fingerprint density at radius 2 is 2.06 bits per heavy atom. The molecule has 1 aromatic carbocycles. The second-order valence-electron chi connectivity index (χ2n) is 6.24. The molecule has 3 nitrogen and oxygen atoms in total. The molecule has 1 unspecified atom stereocenters. The normalized spacial score (nSPS) is 19.6. The number of nitrogens with two attached hydrogens (primary N) is 1. The molecule has 1 aliphatic heterocycles. The zero-order valence-electron chi connectivity index (χ0n) is 11.4. The van der Waals surface area contributed by atoms with Gasteiger partial charge in [-0.1, -0.05) is 39.0 Å². The van der Waals surface area contributed by atoms with E-state index in [4.69, 9.17) is 5.73 Å². The summed E-state index contributed by atoms with van der Waals surface area (Å²) >= 11 is 0. The molecule has 0 aromatic heterocycles. The molecule has 0 aliphatic carbocycles. The smallest absolute Gasteiger partial charge is 0.227 e. The van der Waals surface area contributed by atoms with Gasteiger partial charge in [0.1, 0.15) is 0 Å². The molecular formula is C15H22N2O. The fourth-order valence-electron chi connectivity index (χ4n) is 2.40. The van der Waals surface area contributed by atoms with Gasteiger partial charge in [-0.05, 0) is 23.5 Å². The van der Waals surface area contributed by atoms with Crippen LogP contribution in [0.2, 0.25) is 0 Å². The van der Waals surface area contributed by atoms with Gasteiger partial charge >= 0.3 is 0 Å². The minimum absolute atomic E-state index is 0.0194. The molecule has 0 saturated carbocycles. The first kappa shape index (κ1) is 13.1. The molecule has 3 heteroatoms. The number of rotatable bonds is 1. The summed E-state index contributed by atoms with van der Waals surface area (Å²) in [6.45, 7) is 7.00. The van der Waals surface area contributed by atoms with Crippen molar-refractivity contribution in [3.63, 3.8) is 0 Å². The molecule has 0 saturated heterocycles. The predicted molar refractivity (Wildman–Crippen MR) is 74.4 cm³/mol. The molecule has 98 valence electrons. The van der Waals surface area contributed by atoms with Crippen LogP contribution in [0, 0.1) is 5.41 Å². The van der Waals surface area contributed by atoms with Gasteiger partial charge in [-0.15, -0.1) is 0 Å². The van der Waals surface area contributed by atoms with E-state index in [9.17, 15) is 4.79 Å². The largest absolute Gasteiger partial charge is 0.324 e. The maximum absolute atomic E-state index is 12.4. The molecule has 0 bridgehead atoms. The number of benzene rings is 1. The summed E-state index contributed by atoms with van der Waals surface area (Å²) in [6, 6.07) is 8.02. The summed E-state index contributed by atoms with van der Waals surface area (Å²) in [7, 11) is 0. The highest BCUT2D eigenvalue weighted by Crippen LogP contribution is 2.33. The second kappa shape index (κ2) is 4.73. The molecule has 1 heterocycles. The monoisotopic (exact) mass is 246 g/mol. The number of anilines is 1. The Hall–Kier alpha value is -1.35. The van der Waals surface area contributed by atoms with Gasteiger partial charge in [0, 0.05) is 24.7 Å². The quantitative estimate of drug-likeness (QED) is 0.828. The Labute approximate surface area is 109 Å². The van der Waals surface area contributed by atoms with Crippen molar-refractivity contribution in [2.45, 2.75) is 39.7 Å². The van der Waals surface area contributed by atoms with Crippen LogP contribution < -0.4 is 10.6 Å². The van der Waals surface area contributed by atoms with Crippen LogP contribution in [0.4, 0.5) is 5.69 Å². The van der Waals surface area contributed by atoms with E-state index in [0.29, 0.717) is 6.42 Å². The minimum Gasteiger partial charge on any atom is -0.324 e. The van der Waals surface area contributed by atoms with Crippen LogP contribution in [0.1, 0.15) is 45.2 Å². The molecule has 1 amide bonds. The van der Waals surface area contributed by atoms with E-state index >= 15 is 0 Å². The van der Waals surface area contributed by atoms with Crippen LogP contribution in [0.5, 0.6) is 0 Å². The van der Waals surface area contributed by atoms with E-state index in [-0.39, 0.29) is 17.4 Å². The van der Waals surface area contributed by atoms with E-state index in [1.165, 1.54) is 0 Å². The first-order chi connectivity index (χ1) is 8.38. The second-order valence-corrected chi connectivity index (χ2v) is 6.24. The predicted octanol–water partition coefficient (Wildman–Crippen LogP) is 2.86. The number of hydrogen-bond donors (Lipinski definition) is 1. The average Bonchev–Trinajstić information content (AvgIpc) is 2.27. The van der Waals surface area contributed by atoms with E-state index in [1.807, 2.05) is 29.2 Å². The van der Waals surface area contributed by atoms with Crippen molar-refractivity contribution in [2.75, 3.05) is 11.4 Å². The van der Waals surface area contributed by atoms with Crippen LogP contribution in [-0.2, 0) is 4.79 Å². The van der Waals surface area contributed by atoms with Crippen LogP contribution in [-0.4, -0.2) is 12.5 Å². The molecule has 0 spiro atoms. The van der Waals surface area contributed by atoms with Gasteiger partial charge in [0.05, 0.1) is 0 Å². The van der Waals surface area contributed by atoms with Gasteiger partial charge in [-0.25, -0.2) is 0 Å². The zero-order chi connectivity index (χ0) is 13.3. The zero-order valence-corrected chi connectivity index (χ0v) is 11.4. The van der Waals surface area contributed by atoms with E-state index in [2.05, 4.69) is 20.8 Å². The summed E-state index contributed by atoms with van der Waals surface area (Å²) in [5, 5.41) is 0. The molecule has 18 heavy (non-hydrogen) atoms. The third kappa shape index (κ3) is 2.72. The van der Waals surface area contributed by atoms with Crippen LogP contribution in [0.25, 0.3) is 0 Å². The molecule has 1 atom stereocenters. The standard InChI is InChI=1S/C15H22N2O/c1-15(2,3)10-14(18)17-9-8-12(16)11-6-4-5-7-13(11)17/h4-7,12H,8-10,16H2,1-3H3. The number of amides is 1. The highest BCUT2D eigenvalue weighted by Gasteiger charge is 2.28. The highest BCUT2D eigenvalue weighted by molar-refractivity contribution is 5.95. The highest BCUT2D eigenvalue weighted by atomic mass is 16.2. The molecule has 2 rings (SSSR count). The Balaban J connectivity index is 2.26. The first-order valence-electron chi connectivity index (χ1n) is 6.53.